The number of halogens is 1. The van der Waals surface area contributed by atoms with Crippen molar-refractivity contribution in [2.24, 2.45) is 0 Å². The van der Waals surface area contributed by atoms with E-state index in [1.54, 1.807) is 29.2 Å². The van der Waals surface area contributed by atoms with Crippen molar-refractivity contribution in [2.75, 3.05) is 23.9 Å². The van der Waals surface area contributed by atoms with Crippen LogP contribution in [0.4, 0.5) is 5.69 Å². The maximum atomic E-state index is 13.7. The van der Waals surface area contributed by atoms with Gasteiger partial charge in [0.25, 0.3) is 0 Å². The standard InChI is InChI=1S/C29H38ClN3O6S/c1-3-25(29(35)31-22-11-5-4-6-12-22)32(19-21-10-7-8-13-24(21)30)28(34)14-9-17-33(40(2,36)37)23-15-16-26-27(18-23)39-20-38-26/h7-8,10,13,15-16,18,22,25H,3-6,9,11-12,14,17,19-20H2,1-2H3,(H,31,35)/t25-/m1/s1. The highest BCUT2D eigenvalue weighted by Crippen LogP contribution is 2.36. The summed E-state index contributed by atoms with van der Waals surface area (Å²) in [6.07, 6.45) is 7.15. The zero-order chi connectivity index (χ0) is 28.7. The lowest BCUT2D eigenvalue weighted by Gasteiger charge is -2.33. The minimum absolute atomic E-state index is 0.0637. The second-order valence-electron chi connectivity index (χ2n) is 10.4. The van der Waals surface area contributed by atoms with Gasteiger partial charge >= 0.3 is 0 Å². The zero-order valence-electron chi connectivity index (χ0n) is 23.1. The van der Waals surface area contributed by atoms with Crippen LogP contribution in [0.15, 0.2) is 42.5 Å². The summed E-state index contributed by atoms with van der Waals surface area (Å²) >= 11 is 6.43. The second-order valence-corrected chi connectivity index (χ2v) is 12.7. The summed E-state index contributed by atoms with van der Waals surface area (Å²) in [6.45, 7) is 2.26. The molecule has 0 aromatic heterocycles. The monoisotopic (exact) mass is 591 g/mol. The molecule has 1 aliphatic carbocycles. The fraction of sp³-hybridized carbons (Fsp3) is 0.517. The molecule has 11 heteroatoms. The van der Waals surface area contributed by atoms with Crippen LogP contribution in [-0.4, -0.2) is 56.8 Å². The maximum absolute atomic E-state index is 13.7. The number of anilines is 1. The first-order valence-electron chi connectivity index (χ1n) is 13.9. The molecule has 9 nitrogen and oxygen atoms in total. The number of fused-ring (bicyclic) bond motifs is 1. The molecular formula is C29H38ClN3O6S. The van der Waals surface area contributed by atoms with Gasteiger partial charge in [-0.2, -0.15) is 0 Å². The third-order valence-electron chi connectivity index (χ3n) is 7.43. The number of nitrogens with one attached hydrogen (secondary N) is 1. The highest BCUT2D eigenvalue weighted by atomic mass is 35.5. The Hall–Kier alpha value is -2.98. The van der Waals surface area contributed by atoms with Gasteiger partial charge in [0.05, 0.1) is 11.9 Å². The second kappa shape index (κ2) is 13.6. The fourth-order valence-corrected chi connectivity index (χ4v) is 6.47. The Bertz CT molecular complexity index is 1300. The van der Waals surface area contributed by atoms with Gasteiger partial charge in [-0.3, -0.25) is 13.9 Å². The first-order valence-corrected chi connectivity index (χ1v) is 16.1. The Labute approximate surface area is 241 Å². The number of hydrogen-bond acceptors (Lipinski definition) is 6. The Morgan fingerprint density at radius 3 is 2.50 bits per heavy atom. The molecule has 1 N–H and O–H groups in total. The highest BCUT2D eigenvalue weighted by Gasteiger charge is 2.31. The molecule has 1 heterocycles. The summed E-state index contributed by atoms with van der Waals surface area (Å²) < 4.78 is 37.3. The maximum Gasteiger partial charge on any atom is 0.243 e. The molecule has 1 saturated carbocycles. The quantitative estimate of drug-likeness (QED) is 0.377. The molecule has 2 aromatic carbocycles. The lowest BCUT2D eigenvalue weighted by Crippen LogP contribution is -2.51. The highest BCUT2D eigenvalue weighted by molar-refractivity contribution is 7.92. The average Bonchev–Trinajstić information content (AvgIpc) is 3.40. The number of sulfonamides is 1. The molecule has 2 aliphatic rings. The van der Waals surface area contributed by atoms with E-state index in [-0.39, 0.29) is 50.6 Å². The zero-order valence-corrected chi connectivity index (χ0v) is 24.7. The molecule has 4 rings (SSSR count). The van der Waals surface area contributed by atoms with E-state index >= 15 is 0 Å². The number of hydrogen-bond donors (Lipinski definition) is 1. The first kappa shape index (κ1) is 30.0. The van der Waals surface area contributed by atoms with Crippen LogP contribution in [0, 0.1) is 0 Å². The third kappa shape index (κ3) is 7.60. The smallest absolute Gasteiger partial charge is 0.243 e. The fourth-order valence-electron chi connectivity index (χ4n) is 5.32. The Kier molecular flexibility index (Phi) is 10.2. The average molecular weight is 592 g/mol. The number of benzene rings is 2. The molecule has 0 spiro atoms. The summed E-state index contributed by atoms with van der Waals surface area (Å²) in [6, 6.07) is 11.7. The minimum Gasteiger partial charge on any atom is -0.454 e. The van der Waals surface area contributed by atoms with Gasteiger partial charge in [-0.1, -0.05) is 56.0 Å². The van der Waals surface area contributed by atoms with Crippen molar-refractivity contribution >= 4 is 39.1 Å². The topological polar surface area (TPSA) is 105 Å². The lowest BCUT2D eigenvalue weighted by atomic mass is 9.95. The van der Waals surface area contributed by atoms with Crippen molar-refractivity contribution in [2.45, 2.75) is 76.9 Å². The van der Waals surface area contributed by atoms with Crippen molar-refractivity contribution in [3.8, 4) is 11.5 Å². The van der Waals surface area contributed by atoms with E-state index in [1.165, 1.54) is 10.7 Å². The van der Waals surface area contributed by atoms with Gasteiger partial charge in [-0.15, -0.1) is 0 Å². The van der Waals surface area contributed by atoms with Crippen LogP contribution in [-0.2, 0) is 26.2 Å². The van der Waals surface area contributed by atoms with Crippen LogP contribution in [0.3, 0.4) is 0 Å². The molecule has 218 valence electrons. The Morgan fingerprint density at radius 2 is 1.80 bits per heavy atom. The Morgan fingerprint density at radius 1 is 1.07 bits per heavy atom. The first-order chi connectivity index (χ1) is 19.2. The molecule has 0 radical (unpaired) electrons. The van der Waals surface area contributed by atoms with Gasteiger partial charge in [0.1, 0.15) is 6.04 Å². The summed E-state index contributed by atoms with van der Waals surface area (Å²) in [4.78, 5) is 28.7. The van der Waals surface area contributed by atoms with E-state index in [9.17, 15) is 18.0 Å². The van der Waals surface area contributed by atoms with Gasteiger partial charge in [-0.25, -0.2) is 8.42 Å². The van der Waals surface area contributed by atoms with E-state index in [2.05, 4.69) is 5.32 Å². The largest absolute Gasteiger partial charge is 0.454 e. The number of amides is 2. The summed E-state index contributed by atoms with van der Waals surface area (Å²) in [5.41, 5.74) is 1.19. The van der Waals surface area contributed by atoms with Gasteiger partial charge < -0.3 is 19.7 Å². The molecule has 2 amide bonds. The van der Waals surface area contributed by atoms with Gasteiger partial charge in [-0.05, 0) is 49.4 Å². The number of carbonyl (C=O) groups is 2. The molecule has 1 fully saturated rings. The van der Waals surface area contributed by atoms with Crippen molar-refractivity contribution in [1.82, 2.24) is 10.2 Å². The van der Waals surface area contributed by atoms with E-state index < -0.39 is 16.1 Å². The molecule has 40 heavy (non-hydrogen) atoms. The summed E-state index contributed by atoms with van der Waals surface area (Å²) in [5, 5.41) is 3.69. The molecule has 0 saturated heterocycles. The predicted octanol–water partition coefficient (Wildman–Crippen LogP) is 4.87. The van der Waals surface area contributed by atoms with Crippen molar-refractivity contribution in [1.29, 1.82) is 0 Å². The minimum atomic E-state index is -3.63. The molecule has 1 aliphatic heterocycles. The molecule has 2 aromatic rings. The van der Waals surface area contributed by atoms with Crippen LogP contribution in [0.5, 0.6) is 11.5 Å². The van der Waals surface area contributed by atoms with Gasteiger partial charge in [0.15, 0.2) is 11.5 Å². The van der Waals surface area contributed by atoms with Crippen LogP contribution in [0.1, 0.15) is 63.9 Å². The van der Waals surface area contributed by atoms with E-state index in [0.717, 1.165) is 37.5 Å². The SMILES string of the molecule is CC[C@H](C(=O)NC1CCCCC1)N(Cc1ccccc1Cl)C(=O)CCCN(c1ccc2c(c1)OCO2)S(C)(=O)=O. The number of ether oxygens (including phenoxy) is 2. The predicted molar refractivity (Wildman–Crippen MR) is 155 cm³/mol. The Balaban J connectivity index is 1.48. The van der Waals surface area contributed by atoms with E-state index in [4.69, 9.17) is 21.1 Å². The number of carbonyl (C=O) groups excluding carboxylic acids is 2. The molecule has 0 bridgehead atoms. The summed E-state index contributed by atoms with van der Waals surface area (Å²) in [5.74, 6) is 0.639. The van der Waals surface area contributed by atoms with Crippen molar-refractivity contribution < 1.29 is 27.5 Å². The molecular weight excluding hydrogens is 554 g/mol. The van der Waals surface area contributed by atoms with Gasteiger partial charge in [0.2, 0.25) is 28.6 Å². The van der Waals surface area contributed by atoms with Crippen molar-refractivity contribution in [3.05, 3.63) is 53.1 Å². The number of rotatable bonds is 12. The molecule has 1 atom stereocenters. The van der Waals surface area contributed by atoms with E-state index in [0.29, 0.717) is 28.6 Å². The van der Waals surface area contributed by atoms with Crippen LogP contribution in [0.25, 0.3) is 0 Å². The lowest BCUT2D eigenvalue weighted by molar-refractivity contribution is -0.141. The summed E-state index contributed by atoms with van der Waals surface area (Å²) in [7, 11) is -3.63. The van der Waals surface area contributed by atoms with Crippen LogP contribution >= 0.6 is 11.6 Å². The van der Waals surface area contributed by atoms with Crippen molar-refractivity contribution in [3.63, 3.8) is 0 Å². The van der Waals surface area contributed by atoms with E-state index in [1.807, 2.05) is 25.1 Å². The third-order valence-corrected chi connectivity index (χ3v) is 9.00. The van der Waals surface area contributed by atoms with Gasteiger partial charge in [0, 0.05) is 36.6 Å². The van der Waals surface area contributed by atoms with Crippen LogP contribution < -0.4 is 19.1 Å². The number of nitrogens with zero attached hydrogens (tertiary/aromatic N) is 2. The molecule has 0 unspecified atom stereocenters. The normalized spacial score (nSPS) is 15.9. The van der Waals surface area contributed by atoms with Crippen LogP contribution in [0.2, 0.25) is 5.02 Å².